The summed E-state index contributed by atoms with van der Waals surface area (Å²) in [6.45, 7) is 2.02. The molecule has 1 N–H and O–H groups in total. The van der Waals surface area contributed by atoms with Crippen molar-refractivity contribution < 1.29 is 4.92 Å². The second-order valence-electron chi connectivity index (χ2n) is 4.76. The second kappa shape index (κ2) is 5.17. The van der Waals surface area contributed by atoms with Gasteiger partial charge in [-0.1, -0.05) is 18.6 Å². The molecule has 0 radical (unpaired) electrons. The van der Waals surface area contributed by atoms with E-state index in [0.29, 0.717) is 6.42 Å². The van der Waals surface area contributed by atoms with Crippen molar-refractivity contribution >= 4 is 5.69 Å². The van der Waals surface area contributed by atoms with E-state index in [1.807, 2.05) is 31.2 Å². The maximum Gasteiger partial charge on any atom is 0.232 e. The zero-order valence-corrected chi connectivity index (χ0v) is 10.1. The molecule has 0 unspecified atom stereocenters. The molecule has 17 heavy (non-hydrogen) atoms. The highest BCUT2D eigenvalue weighted by atomic mass is 16.6. The first-order valence-electron chi connectivity index (χ1n) is 6.13. The SMILES string of the molecule is Cc1cccc(N[C@H]2CCCC[C@@H]2[N+](=O)[O-])c1. The predicted octanol–water partition coefficient (Wildman–Crippen LogP) is 2.99. The van der Waals surface area contributed by atoms with Crippen LogP contribution < -0.4 is 5.32 Å². The topological polar surface area (TPSA) is 55.2 Å². The zero-order chi connectivity index (χ0) is 12.3. The van der Waals surface area contributed by atoms with Gasteiger partial charge in [-0.25, -0.2) is 0 Å². The Morgan fingerprint density at radius 3 is 2.82 bits per heavy atom. The van der Waals surface area contributed by atoms with Crippen LogP contribution in [0, 0.1) is 17.0 Å². The van der Waals surface area contributed by atoms with Crippen molar-refractivity contribution in [3.8, 4) is 0 Å². The van der Waals surface area contributed by atoms with E-state index in [9.17, 15) is 10.1 Å². The Bertz CT molecular complexity index is 406. The van der Waals surface area contributed by atoms with Crippen LogP contribution in [0.15, 0.2) is 24.3 Å². The van der Waals surface area contributed by atoms with Gasteiger partial charge in [0.15, 0.2) is 0 Å². The van der Waals surface area contributed by atoms with Crippen molar-refractivity contribution in [2.24, 2.45) is 0 Å². The summed E-state index contributed by atoms with van der Waals surface area (Å²) in [4.78, 5) is 10.9. The van der Waals surface area contributed by atoms with Gasteiger partial charge in [-0.3, -0.25) is 10.1 Å². The Morgan fingerprint density at radius 2 is 2.12 bits per heavy atom. The fourth-order valence-electron chi connectivity index (χ4n) is 2.48. The molecule has 0 amide bonds. The summed E-state index contributed by atoms with van der Waals surface area (Å²) in [5, 5.41) is 14.3. The number of nitrogens with one attached hydrogen (secondary N) is 1. The summed E-state index contributed by atoms with van der Waals surface area (Å²) >= 11 is 0. The summed E-state index contributed by atoms with van der Waals surface area (Å²) in [5.41, 5.74) is 2.16. The van der Waals surface area contributed by atoms with Crippen LogP contribution in [-0.2, 0) is 0 Å². The van der Waals surface area contributed by atoms with E-state index < -0.39 is 6.04 Å². The van der Waals surface area contributed by atoms with Gasteiger partial charge in [0, 0.05) is 17.0 Å². The van der Waals surface area contributed by atoms with Gasteiger partial charge in [-0.2, -0.15) is 0 Å². The molecule has 4 heteroatoms. The largest absolute Gasteiger partial charge is 0.376 e. The first-order chi connectivity index (χ1) is 8.16. The van der Waals surface area contributed by atoms with Crippen LogP contribution in [-0.4, -0.2) is 17.0 Å². The van der Waals surface area contributed by atoms with Gasteiger partial charge in [0.1, 0.15) is 0 Å². The highest BCUT2D eigenvalue weighted by molar-refractivity contribution is 5.46. The van der Waals surface area contributed by atoms with Crippen molar-refractivity contribution in [1.82, 2.24) is 0 Å². The maximum atomic E-state index is 11.0. The fourth-order valence-corrected chi connectivity index (χ4v) is 2.48. The van der Waals surface area contributed by atoms with Crippen molar-refractivity contribution in [2.45, 2.75) is 44.7 Å². The standard InChI is InChI=1S/C13H18N2O2/c1-10-5-4-6-11(9-10)14-12-7-2-3-8-13(12)15(16)17/h4-6,9,12-14H,2-3,7-8H2,1H3/t12-,13-/m0/s1. The third kappa shape index (κ3) is 2.96. The van der Waals surface area contributed by atoms with Gasteiger partial charge in [0.05, 0.1) is 6.04 Å². The zero-order valence-electron chi connectivity index (χ0n) is 10.1. The van der Waals surface area contributed by atoms with Gasteiger partial charge in [0.2, 0.25) is 6.04 Å². The third-order valence-electron chi connectivity index (χ3n) is 3.37. The van der Waals surface area contributed by atoms with Crippen LogP contribution in [0.3, 0.4) is 0 Å². The molecule has 1 aliphatic rings. The number of anilines is 1. The first-order valence-corrected chi connectivity index (χ1v) is 6.13. The minimum Gasteiger partial charge on any atom is -0.376 e. The van der Waals surface area contributed by atoms with E-state index in [-0.39, 0.29) is 11.0 Å². The number of hydrogen-bond acceptors (Lipinski definition) is 3. The summed E-state index contributed by atoms with van der Waals surface area (Å²) in [6, 6.07) is 7.54. The molecule has 1 saturated carbocycles. The van der Waals surface area contributed by atoms with Gasteiger partial charge < -0.3 is 5.32 Å². The average Bonchev–Trinajstić information content (AvgIpc) is 2.29. The van der Waals surface area contributed by atoms with Crippen molar-refractivity contribution in [2.75, 3.05) is 5.32 Å². The minimum absolute atomic E-state index is 0.0273. The Kier molecular flexibility index (Phi) is 3.61. The van der Waals surface area contributed by atoms with Gasteiger partial charge in [-0.05, 0) is 37.5 Å². The molecule has 4 nitrogen and oxygen atoms in total. The van der Waals surface area contributed by atoms with Crippen LogP contribution in [0.2, 0.25) is 0 Å². The summed E-state index contributed by atoms with van der Waals surface area (Å²) in [6.07, 6.45) is 3.63. The molecule has 1 aromatic rings. The lowest BCUT2D eigenvalue weighted by Crippen LogP contribution is -2.41. The minimum atomic E-state index is -0.440. The molecule has 2 atom stereocenters. The van der Waals surface area contributed by atoms with E-state index in [1.54, 1.807) is 0 Å². The van der Waals surface area contributed by atoms with Crippen molar-refractivity contribution in [3.63, 3.8) is 0 Å². The molecule has 2 rings (SSSR count). The number of rotatable bonds is 3. The molecule has 1 fully saturated rings. The number of nitro groups is 1. The van der Waals surface area contributed by atoms with Crippen LogP contribution >= 0.6 is 0 Å². The Labute approximate surface area is 101 Å². The van der Waals surface area contributed by atoms with Gasteiger partial charge in [-0.15, -0.1) is 0 Å². The lowest BCUT2D eigenvalue weighted by atomic mass is 9.90. The summed E-state index contributed by atoms with van der Waals surface area (Å²) in [7, 11) is 0. The van der Waals surface area contributed by atoms with Gasteiger partial charge in [0.25, 0.3) is 0 Å². The summed E-state index contributed by atoms with van der Waals surface area (Å²) < 4.78 is 0. The molecule has 0 aromatic heterocycles. The molecule has 0 spiro atoms. The van der Waals surface area contributed by atoms with Gasteiger partial charge >= 0.3 is 0 Å². The van der Waals surface area contributed by atoms with Crippen molar-refractivity contribution in [3.05, 3.63) is 39.9 Å². The van der Waals surface area contributed by atoms with E-state index in [2.05, 4.69) is 5.32 Å². The number of nitrogens with zero attached hydrogens (tertiary/aromatic N) is 1. The molecule has 0 bridgehead atoms. The quantitative estimate of drug-likeness (QED) is 0.646. The molecule has 1 aliphatic carbocycles. The lowest BCUT2D eigenvalue weighted by Gasteiger charge is -2.27. The van der Waals surface area contributed by atoms with Crippen LogP contribution in [0.25, 0.3) is 0 Å². The van der Waals surface area contributed by atoms with E-state index in [0.717, 1.165) is 24.9 Å². The highest BCUT2D eigenvalue weighted by Gasteiger charge is 2.33. The van der Waals surface area contributed by atoms with Crippen LogP contribution in [0.1, 0.15) is 31.2 Å². The molecular formula is C13H18N2O2. The molecule has 0 heterocycles. The summed E-state index contributed by atoms with van der Waals surface area (Å²) in [5.74, 6) is 0. The maximum absolute atomic E-state index is 11.0. The van der Waals surface area contributed by atoms with Crippen LogP contribution in [0.5, 0.6) is 0 Å². The number of benzene rings is 1. The number of aryl methyl sites for hydroxylation is 1. The normalized spacial score (nSPS) is 24.3. The average molecular weight is 234 g/mol. The molecule has 1 aromatic carbocycles. The van der Waals surface area contributed by atoms with E-state index in [1.165, 1.54) is 5.56 Å². The smallest absolute Gasteiger partial charge is 0.232 e. The Balaban J connectivity index is 2.08. The Hall–Kier alpha value is -1.58. The second-order valence-corrected chi connectivity index (χ2v) is 4.76. The lowest BCUT2D eigenvalue weighted by molar-refractivity contribution is -0.527. The van der Waals surface area contributed by atoms with E-state index in [4.69, 9.17) is 0 Å². The van der Waals surface area contributed by atoms with E-state index >= 15 is 0 Å². The predicted molar refractivity (Wildman–Crippen MR) is 67.8 cm³/mol. The number of hydrogen-bond donors (Lipinski definition) is 1. The molecule has 0 aliphatic heterocycles. The van der Waals surface area contributed by atoms with Crippen molar-refractivity contribution in [1.29, 1.82) is 0 Å². The molecule has 92 valence electrons. The third-order valence-corrected chi connectivity index (χ3v) is 3.37. The monoisotopic (exact) mass is 234 g/mol. The molecule has 0 saturated heterocycles. The Morgan fingerprint density at radius 1 is 1.35 bits per heavy atom. The first kappa shape index (κ1) is 11.9. The fraction of sp³-hybridized carbons (Fsp3) is 0.538. The molecular weight excluding hydrogens is 216 g/mol. The van der Waals surface area contributed by atoms with Crippen LogP contribution in [0.4, 0.5) is 5.69 Å². The highest BCUT2D eigenvalue weighted by Crippen LogP contribution is 2.24.